The van der Waals surface area contributed by atoms with Crippen LogP contribution in [0.25, 0.3) is 0 Å². The summed E-state index contributed by atoms with van der Waals surface area (Å²) in [7, 11) is 0. The molecule has 0 aliphatic rings. The van der Waals surface area contributed by atoms with Crippen LogP contribution in [-0.4, -0.2) is 16.8 Å². The van der Waals surface area contributed by atoms with Crippen LogP contribution in [0.15, 0.2) is 53.3 Å². The van der Waals surface area contributed by atoms with E-state index in [4.69, 9.17) is 0 Å². The molecule has 2 aromatic rings. The quantitative estimate of drug-likeness (QED) is 0.816. The Labute approximate surface area is 130 Å². The van der Waals surface area contributed by atoms with E-state index in [0.717, 1.165) is 10.0 Å². The van der Waals surface area contributed by atoms with E-state index < -0.39 is 0 Å². The zero-order valence-corrected chi connectivity index (χ0v) is 12.8. The average molecular weight is 348 g/mol. The molecule has 1 aromatic heterocycles. The van der Waals surface area contributed by atoms with Gasteiger partial charge in [0.15, 0.2) is 0 Å². The van der Waals surface area contributed by atoms with Crippen molar-refractivity contribution in [3.05, 3.63) is 58.8 Å². The van der Waals surface area contributed by atoms with E-state index in [-0.39, 0.29) is 18.2 Å². The zero-order valence-electron chi connectivity index (χ0n) is 11.2. The summed E-state index contributed by atoms with van der Waals surface area (Å²) < 4.78 is 0.772. The SMILES string of the molecule is O=C(CC(=O)Nc1ccccc1Br)NCc1cccnc1. The number of benzene rings is 1. The lowest BCUT2D eigenvalue weighted by Crippen LogP contribution is -2.27. The molecule has 1 aromatic carbocycles. The van der Waals surface area contributed by atoms with Crippen LogP contribution in [0.2, 0.25) is 0 Å². The number of halogens is 1. The van der Waals surface area contributed by atoms with Gasteiger partial charge in [-0.25, -0.2) is 0 Å². The van der Waals surface area contributed by atoms with Gasteiger partial charge >= 0.3 is 0 Å². The van der Waals surface area contributed by atoms with Crippen molar-refractivity contribution in [2.24, 2.45) is 0 Å². The van der Waals surface area contributed by atoms with E-state index in [1.165, 1.54) is 0 Å². The summed E-state index contributed by atoms with van der Waals surface area (Å²) in [5.74, 6) is -0.686. The number of amides is 2. The van der Waals surface area contributed by atoms with Gasteiger partial charge in [0.1, 0.15) is 6.42 Å². The van der Waals surface area contributed by atoms with Crippen molar-refractivity contribution in [1.82, 2.24) is 10.3 Å². The van der Waals surface area contributed by atoms with Gasteiger partial charge in [0.25, 0.3) is 0 Å². The Morgan fingerprint density at radius 3 is 2.62 bits per heavy atom. The molecule has 21 heavy (non-hydrogen) atoms. The lowest BCUT2D eigenvalue weighted by atomic mass is 10.2. The topological polar surface area (TPSA) is 71.1 Å². The van der Waals surface area contributed by atoms with Gasteiger partial charge in [-0.05, 0) is 39.7 Å². The zero-order chi connectivity index (χ0) is 15.1. The molecule has 0 radical (unpaired) electrons. The Morgan fingerprint density at radius 2 is 1.90 bits per heavy atom. The predicted molar refractivity (Wildman–Crippen MR) is 83.5 cm³/mol. The highest BCUT2D eigenvalue weighted by Crippen LogP contribution is 2.21. The average Bonchev–Trinajstić information content (AvgIpc) is 2.48. The van der Waals surface area contributed by atoms with Crippen molar-refractivity contribution in [3.8, 4) is 0 Å². The fraction of sp³-hybridized carbons (Fsp3) is 0.133. The molecule has 2 amide bonds. The van der Waals surface area contributed by atoms with Crippen LogP contribution < -0.4 is 10.6 Å². The molecule has 5 nitrogen and oxygen atoms in total. The normalized spacial score (nSPS) is 9.95. The Kier molecular flexibility index (Phi) is 5.45. The molecular formula is C15H14BrN3O2. The molecule has 1 heterocycles. The van der Waals surface area contributed by atoms with Crippen molar-refractivity contribution in [2.75, 3.05) is 5.32 Å². The van der Waals surface area contributed by atoms with Crippen LogP contribution in [0.1, 0.15) is 12.0 Å². The first-order valence-electron chi connectivity index (χ1n) is 6.35. The van der Waals surface area contributed by atoms with Crippen LogP contribution in [0, 0.1) is 0 Å². The highest BCUT2D eigenvalue weighted by molar-refractivity contribution is 9.10. The number of rotatable bonds is 5. The Morgan fingerprint density at radius 1 is 1.10 bits per heavy atom. The van der Waals surface area contributed by atoms with Gasteiger partial charge in [-0.15, -0.1) is 0 Å². The van der Waals surface area contributed by atoms with E-state index in [9.17, 15) is 9.59 Å². The van der Waals surface area contributed by atoms with E-state index in [1.807, 2.05) is 24.3 Å². The molecular weight excluding hydrogens is 334 g/mol. The molecule has 0 saturated heterocycles. The number of hydrogen-bond donors (Lipinski definition) is 2. The summed E-state index contributed by atoms with van der Waals surface area (Å²) in [5, 5.41) is 5.36. The second kappa shape index (κ2) is 7.54. The van der Waals surface area contributed by atoms with Crippen LogP contribution in [0.5, 0.6) is 0 Å². The molecule has 0 aliphatic carbocycles. The van der Waals surface area contributed by atoms with Gasteiger partial charge in [-0.1, -0.05) is 18.2 Å². The largest absolute Gasteiger partial charge is 0.352 e. The van der Waals surface area contributed by atoms with E-state index >= 15 is 0 Å². The number of hydrogen-bond acceptors (Lipinski definition) is 3. The first kappa shape index (κ1) is 15.2. The summed E-state index contributed by atoms with van der Waals surface area (Å²) in [5.41, 5.74) is 1.53. The number of carbonyl (C=O) groups is 2. The first-order valence-corrected chi connectivity index (χ1v) is 7.14. The van der Waals surface area contributed by atoms with Gasteiger partial charge in [-0.2, -0.15) is 0 Å². The third-order valence-corrected chi connectivity index (χ3v) is 3.37. The minimum absolute atomic E-state index is 0.221. The van der Waals surface area contributed by atoms with Crippen LogP contribution >= 0.6 is 15.9 Å². The number of carbonyl (C=O) groups excluding carboxylic acids is 2. The van der Waals surface area contributed by atoms with Gasteiger partial charge in [-0.3, -0.25) is 14.6 Å². The lowest BCUT2D eigenvalue weighted by Gasteiger charge is -2.08. The number of nitrogens with one attached hydrogen (secondary N) is 2. The minimum atomic E-state index is -0.356. The molecule has 2 rings (SSSR count). The van der Waals surface area contributed by atoms with E-state index in [1.54, 1.807) is 24.5 Å². The number of aromatic nitrogens is 1. The third kappa shape index (κ3) is 5.00. The van der Waals surface area contributed by atoms with Crippen LogP contribution in [0.3, 0.4) is 0 Å². The smallest absolute Gasteiger partial charge is 0.233 e. The molecule has 0 saturated carbocycles. The maximum absolute atomic E-state index is 11.8. The minimum Gasteiger partial charge on any atom is -0.352 e. The Bertz CT molecular complexity index is 632. The van der Waals surface area contributed by atoms with Crippen molar-refractivity contribution < 1.29 is 9.59 Å². The molecule has 0 aliphatic heterocycles. The third-order valence-electron chi connectivity index (χ3n) is 2.68. The van der Waals surface area contributed by atoms with Crippen LogP contribution in [0.4, 0.5) is 5.69 Å². The molecule has 0 bridgehead atoms. The second-order valence-electron chi connectivity index (χ2n) is 4.34. The first-order chi connectivity index (χ1) is 10.1. The summed E-state index contributed by atoms with van der Waals surface area (Å²) >= 11 is 3.33. The molecule has 2 N–H and O–H groups in total. The van der Waals surface area contributed by atoms with Gasteiger partial charge < -0.3 is 10.6 Å². The highest BCUT2D eigenvalue weighted by atomic mass is 79.9. The van der Waals surface area contributed by atoms with E-state index in [0.29, 0.717) is 12.2 Å². The fourth-order valence-corrected chi connectivity index (χ4v) is 2.05. The number of para-hydroxylation sites is 1. The maximum Gasteiger partial charge on any atom is 0.233 e. The summed E-state index contributed by atoms with van der Waals surface area (Å²) in [6.07, 6.45) is 3.11. The lowest BCUT2D eigenvalue weighted by molar-refractivity contribution is -0.126. The van der Waals surface area contributed by atoms with Crippen molar-refractivity contribution in [1.29, 1.82) is 0 Å². The van der Waals surface area contributed by atoms with Crippen LogP contribution in [-0.2, 0) is 16.1 Å². The molecule has 0 fully saturated rings. The maximum atomic E-state index is 11.8. The number of anilines is 1. The number of nitrogens with zero attached hydrogens (tertiary/aromatic N) is 1. The molecule has 0 unspecified atom stereocenters. The monoisotopic (exact) mass is 347 g/mol. The molecule has 0 spiro atoms. The standard InChI is InChI=1S/C15H14BrN3O2/c16-12-5-1-2-6-13(12)19-15(21)8-14(20)18-10-11-4-3-7-17-9-11/h1-7,9H,8,10H2,(H,18,20)(H,19,21). The summed E-state index contributed by atoms with van der Waals surface area (Å²) in [6, 6.07) is 10.9. The van der Waals surface area contributed by atoms with Gasteiger partial charge in [0.05, 0.1) is 5.69 Å². The van der Waals surface area contributed by atoms with Crippen molar-refractivity contribution in [2.45, 2.75) is 13.0 Å². The Balaban J connectivity index is 1.80. The molecule has 108 valence electrons. The number of pyridine rings is 1. The predicted octanol–water partition coefficient (Wildman–Crippen LogP) is 2.49. The molecule has 6 heteroatoms. The Hall–Kier alpha value is -2.21. The molecule has 0 atom stereocenters. The van der Waals surface area contributed by atoms with E-state index in [2.05, 4.69) is 31.5 Å². The summed E-state index contributed by atoms with van der Waals surface area (Å²) in [4.78, 5) is 27.4. The van der Waals surface area contributed by atoms with Crippen molar-refractivity contribution >= 4 is 33.4 Å². The summed E-state index contributed by atoms with van der Waals surface area (Å²) in [6.45, 7) is 0.356. The van der Waals surface area contributed by atoms with Gasteiger partial charge in [0.2, 0.25) is 11.8 Å². The fourth-order valence-electron chi connectivity index (χ4n) is 1.67. The highest BCUT2D eigenvalue weighted by Gasteiger charge is 2.10. The van der Waals surface area contributed by atoms with Gasteiger partial charge in [0, 0.05) is 23.4 Å². The van der Waals surface area contributed by atoms with Crippen molar-refractivity contribution in [3.63, 3.8) is 0 Å². The second-order valence-corrected chi connectivity index (χ2v) is 5.20.